The third-order valence-electron chi connectivity index (χ3n) is 4.72. The van der Waals surface area contributed by atoms with Crippen molar-refractivity contribution in [2.45, 2.75) is 13.8 Å². The lowest BCUT2D eigenvalue weighted by molar-refractivity contribution is -0.156. The average Bonchev–Trinajstić information content (AvgIpc) is 2.81. The zero-order valence-corrected chi connectivity index (χ0v) is 18.5. The normalized spacial score (nSPS) is 12.2. The first-order valence-electron chi connectivity index (χ1n) is 10.1. The molecule has 170 valence electrons. The molecule has 2 aromatic rings. The minimum atomic E-state index is -1.78. The highest BCUT2D eigenvalue weighted by Gasteiger charge is 2.47. The van der Waals surface area contributed by atoms with Crippen LogP contribution in [-0.4, -0.2) is 50.9 Å². The first kappa shape index (κ1) is 24.6. The van der Waals surface area contributed by atoms with E-state index in [4.69, 9.17) is 18.9 Å². The predicted octanol–water partition coefficient (Wildman–Crippen LogP) is 3.13. The topological polar surface area (TPSA) is 105 Å². The molecule has 0 spiro atoms. The van der Waals surface area contributed by atoms with E-state index in [9.17, 15) is 19.2 Å². The van der Waals surface area contributed by atoms with Gasteiger partial charge in [0, 0.05) is 0 Å². The summed E-state index contributed by atoms with van der Waals surface area (Å²) >= 11 is 0. The molecular formula is C24H26O8. The van der Waals surface area contributed by atoms with Crippen LogP contribution in [0.4, 0.5) is 0 Å². The minimum Gasteiger partial charge on any atom is -0.496 e. The van der Waals surface area contributed by atoms with E-state index in [1.165, 1.54) is 38.5 Å². The van der Waals surface area contributed by atoms with Gasteiger partial charge in [0.1, 0.15) is 23.3 Å². The summed E-state index contributed by atoms with van der Waals surface area (Å²) in [6.45, 7) is 3.02. The molecule has 2 atom stereocenters. The van der Waals surface area contributed by atoms with Gasteiger partial charge in [-0.1, -0.05) is 24.3 Å². The summed E-state index contributed by atoms with van der Waals surface area (Å²) in [6, 6.07) is 12.4. The molecule has 8 nitrogen and oxygen atoms in total. The van der Waals surface area contributed by atoms with Crippen molar-refractivity contribution < 1.29 is 38.1 Å². The smallest absolute Gasteiger partial charge is 0.318 e. The molecule has 2 unspecified atom stereocenters. The monoisotopic (exact) mass is 442 g/mol. The molecule has 0 aliphatic carbocycles. The third kappa shape index (κ3) is 5.32. The molecule has 0 fully saturated rings. The summed E-state index contributed by atoms with van der Waals surface area (Å²) in [4.78, 5) is 52.9. The van der Waals surface area contributed by atoms with Gasteiger partial charge in [-0.05, 0) is 38.1 Å². The average molecular weight is 442 g/mol. The number of hydrogen-bond donors (Lipinski definition) is 0. The molecule has 0 aliphatic rings. The van der Waals surface area contributed by atoms with Crippen LogP contribution >= 0.6 is 0 Å². The molecule has 0 N–H and O–H groups in total. The molecule has 0 saturated carbocycles. The highest BCUT2D eigenvalue weighted by atomic mass is 16.5. The number of esters is 2. The van der Waals surface area contributed by atoms with E-state index in [-0.39, 0.29) is 35.8 Å². The molecule has 0 radical (unpaired) electrons. The zero-order chi connectivity index (χ0) is 23.7. The second-order valence-corrected chi connectivity index (χ2v) is 6.59. The first-order valence-corrected chi connectivity index (χ1v) is 10.1. The van der Waals surface area contributed by atoms with Gasteiger partial charge in [-0.25, -0.2) is 0 Å². The van der Waals surface area contributed by atoms with Gasteiger partial charge >= 0.3 is 11.9 Å². The maximum atomic E-state index is 13.5. The van der Waals surface area contributed by atoms with E-state index in [1.54, 1.807) is 38.1 Å². The Labute approximate surface area is 186 Å². The van der Waals surface area contributed by atoms with Gasteiger partial charge in [-0.3, -0.25) is 19.2 Å². The molecule has 8 heteroatoms. The lowest BCUT2D eigenvalue weighted by atomic mass is 9.80. The van der Waals surface area contributed by atoms with Gasteiger partial charge in [-0.15, -0.1) is 0 Å². The van der Waals surface area contributed by atoms with Crippen molar-refractivity contribution in [3.63, 3.8) is 0 Å². The third-order valence-corrected chi connectivity index (χ3v) is 4.72. The number of rotatable bonds is 11. The number of methoxy groups -OCH3 is 2. The molecule has 0 bridgehead atoms. The highest BCUT2D eigenvalue weighted by Crippen LogP contribution is 2.31. The van der Waals surface area contributed by atoms with Crippen LogP contribution in [0.3, 0.4) is 0 Å². The maximum Gasteiger partial charge on any atom is 0.318 e. The molecule has 2 aromatic carbocycles. The number of ether oxygens (including phenoxy) is 4. The van der Waals surface area contributed by atoms with Crippen LogP contribution in [-0.2, 0) is 19.1 Å². The van der Waals surface area contributed by atoms with Crippen LogP contribution < -0.4 is 9.47 Å². The van der Waals surface area contributed by atoms with Crippen LogP contribution in [0.5, 0.6) is 11.5 Å². The fraction of sp³-hybridized carbons (Fsp3) is 0.333. The van der Waals surface area contributed by atoms with Gasteiger partial charge < -0.3 is 18.9 Å². The Balaban J connectivity index is 2.67. The van der Waals surface area contributed by atoms with Crippen molar-refractivity contribution >= 4 is 23.5 Å². The Morgan fingerprint density at radius 3 is 1.31 bits per heavy atom. The lowest BCUT2D eigenvalue weighted by Crippen LogP contribution is -2.42. The van der Waals surface area contributed by atoms with E-state index in [1.807, 2.05) is 0 Å². The molecular weight excluding hydrogens is 416 g/mol. The second-order valence-electron chi connectivity index (χ2n) is 6.59. The van der Waals surface area contributed by atoms with Crippen LogP contribution in [0, 0.1) is 11.8 Å². The quantitative estimate of drug-likeness (QED) is 0.297. The number of Topliss-reactive ketones (excluding diaryl/α,β-unsaturated/α-hetero) is 2. The number of hydrogen-bond acceptors (Lipinski definition) is 8. The van der Waals surface area contributed by atoms with Crippen LogP contribution in [0.1, 0.15) is 34.6 Å². The first-order chi connectivity index (χ1) is 15.4. The van der Waals surface area contributed by atoms with E-state index in [0.29, 0.717) is 0 Å². The standard InChI is InChI=1S/C24H26O8/c1-5-31-23(27)19(21(25)15-11-7-9-13-17(15)29-3)20(24(28)32-6-2)22(26)16-12-8-10-14-18(16)30-4/h7-14,19-20H,5-6H2,1-4H3. The van der Waals surface area contributed by atoms with Crippen molar-refractivity contribution in [2.24, 2.45) is 11.8 Å². The Bertz CT molecular complexity index is 902. The summed E-state index contributed by atoms with van der Waals surface area (Å²) in [5.74, 6) is -6.76. The van der Waals surface area contributed by atoms with E-state index in [0.717, 1.165) is 0 Å². The summed E-state index contributed by atoms with van der Waals surface area (Å²) in [5, 5.41) is 0. The van der Waals surface area contributed by atoms with Crippen molar-refractivity contribution in [1.29, 1.82) is 0 Å². The minimum absolute atomic E-state index is 0.0372. The Hall–Kier alpha value is -3.68. The summed E-state index contributed by atoms with van der Waals surface area (Å²) in [7, 11) is 2.74. The SMILES string of the molecule is CCOC(=O)C(C(=O)c1ccccc1OC)C(C(=O)OCC)C(=O)c1ccccc1OC. The zero-order valence-electron chi connectivity index (χ0n) is 18.5. The fourth-order valence-electron chi connectivity index (χ4n) is 3.28. The Morgan fingerprint density at radius 1 is 0.656 bits per heavy atom. The number of benzene rings is 2. The number of ketones is 2. The van der Waals surface area contributed by atoms with Crippen molar-refractivity contribution in [3.05, 3.63) is 59.7 Å². The highest BCUT2D eigenvalue weighted by molar-refractivity contribution is 6.20. The Morgan fingerprint density at radius 2 is 1.00 bits per heavy atom. The predicted molar refractivity (Wildman–Crippen MR) is 115 cm³/mol. The van der Waals surface area contributed by atoms with Crippen molar-refractivity contribution in [3.8, 4) is 11.5 Å². The van der Waals surface area contributed by atoms with E-state index in [2.05, 4.69) is 0 Å². The summed E-state index contributed by atoms with van der Waals surface area (Å²) in [6.07, 6.45) is 0. The van der Waals surface area contributed by atoms with Gasteiger partial charge in [0.15, 0.2) is 11.6 Å². The molecule has 0 aromatic heterocycles. The van der Waals surface area contributed by atoms with E-state index < -0.39 is 35.3 Å². The molecule has 0 aliphatic heterocycles. The molecule has 0 amide bonds. The Kier molecular flexibility index (Phi) is 8.95. The van der Waals surface area contributed by atoms with Crippen molar-refractivity contribution in [1.82, 2.24) is 0 Å². The van der Waals surface area contributed by atoms with Gasteiger partial charge in [0.25, 0.3) is 0 Å². The molecule has 2 rings (SSSR count). The molecule has 0 saturated heterocycles. The van der Waals surface area contributed by atoms with E-state index >= 15 is 0 Å². The van der Waals surface area contributed by atoms with Crippen LogP contribution in [0.2, 0.25) is 0 Å². The number of carbonyl (C=O) groups is 4. The summed E-state index contributed by atoms with van der Waals surface area (Å²) < 4.78 is 20.6. The fourth-order valence-corrected chi connectivity index (χ4v) is 3.28. The van der Waals surface area contributed by atoms with Crippen LogP contribution in [0.25, 0.3) is 0 Å². The van der Waals surface area contributed by atoms with Crippen molar-refractivity contribution in [2.75, 3.05) is 27.4 Å². The van der Waals surface area contributed by atoms with Gasteiger partial charge in [0.2, 0.25) is 0 Å². The summed E-state index contributed by atoms with van der Waals surface area (Å²) in [5.41, 5.74) is 0.0744. The number of para-hydroxylation sites is 2. The molecule has 32 heavy (non-hydrogen) atoms. The lowest BCUT2D eigenvalue weighted by Gasteiger charge is -2.23. The van der Waals surface area contributed by atoms with Gasteiger partial charge in [0.05, 0.1) is 38.6 Å². The molecule has 0 heterocycles. The van der Waals surface area contributed by atoms with Crippen LogP contribution in [0.15, 0.2) is 48.5 Å². The maximum absolute atomic E-state index is 13.5. The second kappa shape index (κ2) is 11.6. The largest absolute Gasteiger partial charge is 0.496 e. The van der Waals surface area contributed by atoms with Gasteiger partial charge in [-0.2, -0.15) is 0 Å². The number of carbonyl (C=O) groups excluding carboxylic acids is 4.